The predicted octanol–water partition coefficient (Wildman–Crippen LogP) is 5.85. The van der Waals surface area contributed by atoms with Crippen LogP contribution < -0.4 is 0 Å². The Labute approximate surface area is 214 Å². The normalized spacial score (nSPS) is 14.4. The summed E-state index contributed by atoms with van der Waals surface area (Å²) in [6.45, 7) is 9.36. The molecule has 0 aromatic rings. The molecule has 0 saturated carbocycles. The van der Waals surface area contributed by atoms with E-state index < -0.39 is 58.8 Å². The highest BCUT2D eigenvalue weighted by molar-refractivity contribution is 8.10. The van der Waals surface area contributed by atoms with Gasteiger partial charge < -0.3 is 4.48 Å². The Balaban J connectivity index is 0. The average Bonchev–Trinajstić information content (AvgIpc) is 2.72. The molecular formula is C22H46F6N2O4S2+2. The van der Waals surface area contributed by atoms with Crippen LogP contribution in [-0.4, -0.2) is 88.8 Å². The van der Waals surface area contributed by atoms with Crippen molar-refractivity contribution in [3.63, 3.8) is 0 Å². The Kier molecular flexibility index (Phi) is 14.6. The summed E-state index contributed by atoms with van der Waals surface area (Å²) in [5, 5.41) is 0. The molecule has 0 fully saturated rings. The smallest absolute Gasteiger partial charge is 0.329 e. The van der Waals surface area contributed by atoms with E-state index in [1.165, 1.54) is 36.8 Å². The number of sulfone groups is 2. The minimum absolute atomic E-state index is 0.0999. The second-order valence-electron chi connectivity index (χ2n) is 10.1. The molecule has 220 valence electrons. The third-order valence-corrected chi connectivity index (χ3v) is 12.3. The lowest BCUT2D eigenvalue weighted by Crippen LogP contribution is -2.72. The molecule has 0 unspecified atom stereocenters. The van der Waals surface area contributed by atoms with E-state index in [4.69, 9.17) is 0 Å². The van der Waals surface area contributed by atoms with Crippen molar-refractivity contribution in [2.24, 2.45) is 0 Å². The van der Waals surface area contributed by atoms with Crippen LogP contribution in [0, 0.1) is 0 Å². The highest BCUT2D eigenvalue weighted by Crippen LogP contribution is 2.50. The van der Waals surface area contributed by atoms with Crippen molar-refractivity contribution < 1.29 is 52.1 Å². The SMILES string of the molecule is CCCCCCC([N+](C)(C)CC)(S(=O)(=O)C(F)(F)F)S(=O)(=O)C(F)(F)F.CCCCC[N+](C)(C)CC. The molecule has 6 nitrogen and oxygen atoms in total. The van der Waals surface area contributed by atoms with Gasteiger partial charge in [-0.3, -0.25) is 4.48 Å². The van der Waals surface area contributed by atoms with Gasteiger partial charge in [-0.05, 0) is 33.1 Å². The molecule has 0 rings (SSSR count). The topological polar surface area (TPSA) is 68.3 Å². The summed E-state index contributed by atoms with van der Waals surface area (Å²) in [6.07, 6.45) is 3.47. The molecule has 0 atom stereocenters. The van der Waals surface area contributed by atoms with Gasteiger partial charge in [0.05, 0.1) is 47.8 Å². The number of unbranched alkanes of at least 4 members (excludes halogenated alkanes) is 5. The van der Waals surface area contributed by atoms with Gasteiger partial charge in [-0.1, -0.05) is 39.5 Å². The quantitative estimate of drug-likeness (QED) is 0.147. The maximum Gasteiger partial charge on any atom is 0.504 e. The van der Waals surface area contributed by atoms with Crippen molar-refractivity contribution in [3.8, 4) is 0 Å². The number of alkyl halides is 6. The number of hydrogen-bond acceptors (Lipinski definition) is 4. The molecule has 14 heteroatoms. The van der Waals surface area contributed by atoms with E-state index in [-0.39, 0.29) is 6.42 Å². The van der Waals surface area contributed by atoms with Gasteiger partial charge >= 0.3 is 34.9 Å². The minimum Gasteiger partial charge on any atom is -0.329 e. The zero-order valence-corrected chi connectivity index (χ0v) is 24.5. The molecular weight excluding hydrogens is 534 g/mol. The molecule has 0 aliphatic carbocycles. The lowest BCUT2D eigenvalue weighted by atomic mass is 10.1. The second kappa shape index (κ2) is 14.0. The molecule has 0 aromatic heterocycles. The van der Waals surface area contributed by atoms with Gasteiger partial charge in [0.25, 0.3) is 0 Å². The Morgan fingerprint density at radius 3 is 1.28 bits per heavy atom. The van der Waals surface area contributed by atoms with E-state index in [1.807, 2.05) is 0 Å². The largest absolute Gasteiger partial charge is 0.504 e. The zero-order valence-electron chi connectivity index (χ0n) is 22.9. The number of hydrogen-bond donors (Lipinski definition) is 0. The first-order chi connectivity index (χ1) is 16.0. The fourth-order valence-electron chi connectivity index (χ4n) is 3.69. The summed E-state index contributed by atoms with van der Waals surface area (Å²) in [4.78, 5) is 0. The van der Waals surface area contributed by atoms with Crippen molar-refractivity contribution in [3.05, 3.63) is 0 Å². The first-order valence-electron chi connectivity index (χ1n) is 12.3. The first-order valence-corrected chi connectivity index (χ1v) is 15.2. The Bertz CT molecular complexity index is 809. The molecule has 0 spiro atoms. The molecule has 0 saturated heterocycles. The van der Waals surface area contributed by atoms with Gasteiger partial charge in [0.2, 0.25) is 0 Å². The van der Waals surface area contributed by atoms with Crippen LogP contribution in [0.4, 0.5) is 26.3 Å². The Hall–Kier alpha value is -0.600. The molecule has 0 aromatic carbocycles. The van der Waals surface area contributed by atoms with Gasteiger partial charge in [0.15, 0.2) is 0 Å². The molecule has 0 N–H and O–H groups in total. The van der Waals surface area contributed by atoms with E-state index >= 15 is 0 Å². The number of rotatable bonds is 14. The highest BCUT2D eigenvalue weighted by atomic mass is 32.3. The molecule has 0 bridgehead atoms. The van der Waals surface area contributed by atoms with Gasteiger partial charge in [-0.25, -0.2) is 16.8 Å². The van der Waals surface area contributed by atoms with E-state index in [2.05, 4.69) is 27.9 Å². The predicted molar refractivity (Wildman–Crippen MR) is 131 cm³/mol. The highest BCUT2D eigenvalue weighted by Gasteiger charge is 2.79. The lowest BCUT2D eigenvalue weighted by Gasteiger charge is -2.46. The third kappa shape index (κ3) is 8.72. The fraction of sp³-hybridized carbons (Fsp3) is 1.00. The van der Waals surface area contributed by atoms with Crippen LogP contribution in [0.2, 0.25) is 0 Å². The first kappa shape index (κ1) is 37.6. The van der Waals surface area contributed by atoms with Crippen molar-refractivity contribution in [2.75, 3.05) is 47.8 Å². The van der Waals surface area contributed by atoms with Crippen LogP contribution in [0.5, 0.6) is 0 Å². The van der Waals surface area contributed by atoms with Crippen molar-refractivity contribution in [1.29, 1.82) is 0 Å². The van der Waals surface area contributed by atoms with Crippen molar-refractivity contribution in [1.82, 2.24) is 0 Å². The lowest BCUT2D eigenvalue weighted by molar-refractivity contribution is -0.910. The van der Waals surface area contributed by atoms with E-state index in [0.29, 0.717) is 12.8 Å². The molecule has 0 aliphatic rings. The molecule has 0 radical (unpaired) electrons. The Morgan fingerprint density at radius 2 is 0.972 bits per heavy atom. The van der Waals surface area contributed by atoms with Crippen LogP contribution in [-0.2, 0) is 19.7 Å². The maximum absolute atomic E-state index is 13.3. The van der Waals surface area contributed by atoms with Crippen LogP contribution in [0.15, 0.2) is 0 Å². The summed E-state index contributed by atoms with van der Waals surface area (Å²) in [6, 6.07) is 0. The standard InChI is InChI=1S/C13H24F6NO4S2.C9H22N/c1-5-7-8-9-10-11(20(3,4)6-2,25(21,22)12(14,15)16)26(23,24)13(17,18)19;1-5-7-8-9-10(3,4)6-2/h5-10H2,1-4H3;5-9H2,1-4H3/q2*+1. The summed E-state index contributed by atoms with van der Waals surface area (Å²) >= 11 is 0. The number of nitrogens with zero attached hydrogens (tertiary/aromatic N) is 2. The fourth-order valence-corrected chi connectivity index (χ4v) is 8.52. The van der Waals surface area contributed by atoms with Crippen molar-refractivity contribution >= 4 is 19.7 Å². The summed E-state index contributed by atoms with van der Waals surface area (Å²) < 4.78 is 124. The molecule has 36 heavy (non-hydrogen) atoms. The summed E-state index contributed by atoms with van der Waals surface area (Å²) in [5.74, 6) is 0. The van der Waals surface area contributed by atoms with E-state index in [1.54, 1.807) is 6.92 Å². The zero-order chi connectivity index (χ0) is 29.3. The second-order valence-corrected chi connectivity index (χ2v) is 14.7. The molecule has 0 aliphatic heterocycles. The number of quaternary nitrogens is 2. The average molecular weight is 581 g/mol. The molecule has 0 amide bonds. The number of halogens is 6. The summed E-state index contributed by atoms with van der Waals surface area (Å²) in [5.41, 5.74) is -12.3. The van der Waals surface area contributed by atoms with E-state index in [9.17, 15) is 43.2 Å². The van der Waals surface area contributed by atoms with Gasteiger partial charge in [0.1, 0.15) is 0 Å². The van der Waals surface area contributed by atoms with Crippen LogP contribution in [0.3, 0.4) is 0 Å². The third-order valence-electron chi connectivity index (χ3n) is 6.73. The van der Waals surface area contributed by atoms with Crippen LogP contribution in [0.25, 0.3) is 0 Å². The monoisotopic (exact) mass is 580 g/mol. The maximum atomic E-state index is 13.3. The van der Waals surface area contributed by atoms with Gasteiger partial charge in [-0.15, -0.1) is 0 Å². The van der Waals surface area contributed by atoms with E-state index in [0.717, 1.165) is 21.0 Å². The summed E-state index contributed by atoms with van der Waals surface area (Å²) in [7, 11) is -7.38. The van der Waals surface area contributed by atoms with Gasteiger partial charge in [-0.2, -0.15) is 26.3 Å². The molecule has 0 heterocycles. The van der Waals surface area contributed by atoms with Crippen LogP contribution >= 0.6 is 0 Å². The Morgan fingerprint density at radius 1 is 0.583 bits per heavy atom. The van der Waals surface area contributed by atoms with Crippen molar-refractivity contribution in [2.45, 2.75) is 94.3 Å². The minimum atomic E-state index is -6.73. The van der Waals surface area contributed by atoms with Gasteiger partial charge in [0, 0.05) is 6.42 Å². The van der Waals surface area contributed by atoms with Crippen LogP contribution in [0.1, 0.15) is 79.1 Å².